The van der Waals surface area contributed by atoms with E-state index >= 15 is 0 Å². The van der Waals surface area contributed by atoms with E-state index in [4.69, 9.17) is 0 Å². The van der Waals surface area contributed by atoms with Crippen LogP contribution >= 0.6 is 0 Å². The van der Waals surface area contributed by atoms with Gasteiger partial charge in [-0.1, -0.05) is 33.3 Å². The summed E-state index contributed by atoms with van der Waals surface area (Å²) in [6.07, 6.45) is 3.93. The lowest BCUT2D eigenvalue weighted by Gasteiger charge is -2.06. The molecule has 0 fully saturated rings. The molecule has 0 aliphatic carbocycles. The van der Waals surface area contributed by atoms with Crippen molar-refractivity contribution >= 4 is 6.29 Å². The number of aldehydes is 1. The molecule has 0 saturated heterocycles. The summed E-state index contributed by atoms with van der Waals surface area (Å²) in [7, 11) is 0. The maximum atomic E-state index is 10.6. The molecule has 0 heterocycles. The van der Waals surface area contributed by atoms with Gasteiger partial charge in [-0.3, -0.25) is 4.79 Å². The summed E-state index contributed by atoms with van der Waals surface area (Å²) in [5.74, 6) is 0.111. The van der Waals surface area contributed by atoms with E-state index in [0.717, 1.165) is 30.4 Å². The van der Waals surface area contributed by atoms with Crippen LogP contribution in [0.1, 0.15) is 55.1 Å². The zero-order valence-electron chi connectivity index (χ0n) is 10.7. The first-order valence-electron chi connectivity index (χ1n) is 5.96. The largest absolute Gasteiger partial charge is 0.507 e. The second-order valence-corrected chi connectivity index (χ2v) is 3.57. The third-order valence-electron chi connectivity index (χ3n) is 2.34. The highest BCUT2D eigenvalue weighted by atomic mass is 16.3. The van der Waals surface area contributed by atoms with Gasteiger partial charge in [-0.2, -0.15) is 0 Å². The molecular formula is C14H22O2. The molecule has 90 valence electrons. The van der Waals surface area contributed by atoms with E-state index in [1.807, 2.05) is 26.8 Å². The van der Waals surface area contributed by atoms with E-state index in [9.17, 15) is 9.90 Å². The van der Waals surface area contributed by atoms with Gasteiger partial charge in [0, 0.05) is 0 Å². The highest BCUT2D eigenvalue weighted by molar-refractivity contribution is 5.80. The molecular weight excluding hydrogens is 200 g/mol. The molecule has 0 amide bonds. The Labute approximate surface area is 98.3 Å². The Morgan fingerprint density at radius 2 is 1.94 bits per heavy atom. The second kappa shape index (κ2) is 7.91. The molecule has 0 aliphatic rings. The quantitative estimate of drug-likeness (QED) is 0.785. The minimum atomic E-state index is 0.111. The summed E-state index contributed by atoms with van der Waals surface area (Å²) in [5.41, 5.74) is 2.31. The molecule has 0 aromatic heterocycles. The zero-order chi connectivity index (χ0) is 12.6. The van der Waals surface area contributed by atoms with Crippen LogP contribution in [0.4, 0.5) is 0 Å². The topological polar surface area (TPSA) is 37.3 Å². The summed E-state index contributed by atoms with van der Waals surface area (Å²) >= 11 is 0. The number of unbranched alkanes of at least 4 members (excludes halogenated alkanes) is 1. The predicted molar refractivity (Wildman–Crippen MR) is 68.2 cm³/mol. The Morgan fingerprint density at radius 1 is 1.31 bits per heavy atom. The molecule has 2 heteroatoms. The third-order valence-corrected chi connectivity index (χ3v) is 2.34. The molecule has 0 aliphatic heterocycles. The van der Waals surface area contributed by atoms with Crippen molar-refractivity contribution in [1.82, 2.24) is 0 Å². The normalized spacial score (nSPS) is 9.25. The van der Waals surface area contributed by atoms with Gasteiger partial charge < -0.3 is 5.11 Å². The van der Waals surface area contributed by atoms with Crippen molar-refractivity contribution < 1.29 is 9.90 Å². The van der Waals surface area contributed by atoms with Crippen LogP contribution in [0.2, 0.25) is 0 Å². The molecule has 0 spiro atoms. The van der Waals surface area contributed by atoms with Gasteiger partial charge >= 0.3 is 0 Å². The van der Waals surface area contributed by atoms with Gasteiger partial charge in [0.15, 0.2) is 6.29 Å². The molecule has 0 unspecified atom stereocenters. The van der Waals surface area contributed by atoms with Crippen molar-refractivity contribution in [2.75, 3.05) is 0 Å². The fourth-order valence-corrected chi connectivity index (χ4v) is 1.50. The van der Waals surface area contributed by atoms with E-state index in [-0.39, 0.29) is 5.75 Å². The lowest BCUT2D eigenvalue weighted by atomic mass is 10.0. The van der Waals surface area contributed by atoms with E-state index in [0.29, 0.717) is 11.8 Å². The molecule has 0 saturated carbocycles. The Kier molecular flexibility index (Phi) is 7.27. The van der Waals surface area contributed by atoms with Crippen LogP contribution in [-0.2, 0) is 6.42 Å². The number of rotatable bonds is 4. The van der Waals surface area contributed by atoms with Gasteiger partial charge in [-0.15, -0.1) is 0 Å². The minimum Gasteiger partial charge on any atom is -0.507 e. The fourth-order valence-electron chi connectivity index (χ4n) is 1.50. The number of hydrogen-bond acceptors (Lipinski definition) is 2. The first kappa shape index (κ1) is 14.7. The van der Waals surface area contributed by atoms with Crippen LogP contribution < -0.4 is 0 Å². The maximum Gasteiger partial charge on any atom is 0.153 e. The van der Waals surface area contributed by atoms with Gasteiger partial charge in [-0.05, 0) is 37.0 Å². The Balaban J connectivity index is 0.00000106. The lowest BCUT2D eigenvalue weighted by molar-refractivity contribution is 0.112. The van der Waals surface area contributed by atoms with Crippen LogP contribution in [0.5, 0.6) is 5.75 Å². The van der Waals surface area contributed by atoms with Crippen molar-refractivity contribution in [1.29, 1.82) is 0 Å². The van der Waals surface area contributed by atoms with Gasteiger partial charge in [0.1, 0.15) is 5.75 Å². The SMILES string of the molecule is CC.CCCCc1cc(C)c(O)c(C=O)c1. The molecule has 1 aromatic carbocycles. The van der Waals surface area contributed by atoms with Gasteiger partial charge in [0.05, 0.1) is 5.56 Å². The van der Waals surface area contributed by atoms with Crippen molar-refractivity contribution in [3.05, 3.63) is 28.8 Å². The lowest BCUT2D eigenvalue weighted by Crippen LogP contribution is -1.91. The molecule has 0 radical (unpaired) electrons. The van der Waals surface area contributed by atoms with Crippen LogP contribution in [0, 0.1) is 6.92 Å². The number of hydrogen-bond donors (Lipinski definition) is 1. The predicted octanol–water partition coefficient (Wildman–Crippen LogP) is 3.88. The van der Waals surface area contributed by atoms with Gasteiger partial charge in [0.2, 0.25) is 0 Å². The van der Waals surface area contributed by atoms with Crippen molar-refractivity contribution in [3.63, 3.8) is 0 Å². The van der Waals surface area contributed by atoms with Crippen molar-refractivity contribution in [2.24, 2.45) is 0 Å². The van der Waals surface area contributed by atoms with E-state index in [1.165, 1.54) is 0 Å². The maximum absolute atomic E-state index is 10.6. The number of benzene rings is 1. The van der Waals surface area contributed by atoms with Crippen LogP contribution in [0.15, 0.2) is 12.1 Å². The monoisotopic (exact) mass is 222 g/mol. The highest BCUT2D eigenvalue weighted by Crippen LogP contribution is 2.23. The highest BCUT2D eigenvalue weighted by Gasteiger charge is 2.05. The molecule has 16 heavy (non-hydrogen) atoms. The smallest absolute Gasteiger partial charge is 0.153 e. The van der Waals surface area contributed by atoms with Crippen molar-refractivity contribution in [3.8, 4) is 5.75 Å². The fraction of sp³-hybridized carbons (Fsp3) is 0.500. The van der Waals surface area contributed by atoms with Gasteiger partial charge in [0.25, 0.3) is 0 Å². The van der Waals surface area contributed by atoms with Crippen LogP contribution in [0.3, 0.4) is 0 Å². The molecule has 0 bridgehead atoms. The van der Waals surface area contributed by atoms with E-state index in [2.05, 4.69) is 6.92 Å². The molecule has 1 rings (SSSR count). The number of carbonyl (C=O) groups is 1. The molecule has 0 atom stereocenters. The Morgan fingerprint density at radius 3 is 2.44 bits per heavy atom. The third kappa shape index (κ3) is 4.05. The average molecular weight is 222 g/mol. The Bertz CT molecular complexity index is 330. The summed E-state index contributed by atoms with van der Waals surface area (Å²) < 4.78 is 0. The summed E-state index contributed by atoms with van der Waals surface area (Å²) in [6, 6.07) is 3.71. The standard InChI is InChI=1S/C12H16O2.C2H6/c1-3-4-5-10-6-9(2)12(14)11(7-10)8-13;1-2/h6-8,14H,3-5H2,1-2H3;1-2H3. The first-order valence-corrected chi connectivity index (χ1v) is 5.96. The number of phenolic OH excluding ortho intramolecular Hbond substituents is 1. The van der Waals surface area contributed by atoms with Gasteiger partial charge in [-0.25, -0.2) is 0 Å². The number of aryl methyl sites for hydroxylation is 2. The number of carbonyl (C=O) groups excluding carboxylic acids is 1. The molecule has 1 N–H and O–H groups in total. The minimum absolute atomic E-state index is 0.111. The zero-order valence-corrected chi connectivity index (χ0v) is 10.7. The number of aromatic hydroxyl groups is 1. The number of phenols is 1. The Hall–Kier alpha value is -1.31. The van der Waals surface area contributed by atoms with Crippen LogP contribution in [0.25, 0.3) is 0 Å². The summed E-state index contributed by atoms with van der Waals surface area (Å²) in [4.78, 5) is 10.6. The summed E-state index contributed by atoms with van der Waals surface area (Å²) in [6.45, 7) is 7.95. The average Bonchev–Trinajstić information content (AvgIpc) is 2.33. The first-order chi connectivity index (χ1) is 7.69. The summed E-state index contributed by atoms with van der Waals surface area (Å²) in [5, 5.41) is 9.52. The van der Waals surface area contributed by atoms with Crippen molar-refractivity contribution in [2.45, 2.75) is 47.0 Å². The molecule has 2 nitrogen and oxygen atoms in total. The molecule has 1 aromatic rings. The van der Waals surface area contributed by atoms with Crippen LogP contribution in [-0.4, -0.2) is 11.4 Å². The van der Waals surface area contributed by atoms with E-state index in [1.54, 1.807) is 6.07 Å². The second-order valence-electron chi connectivity index (χ2n) is 3.57. The van der Waals surface area contributed by atoms with E-state index < -0.39 is 0 Å².